The Morgan fingerprint density at radius 3 is 1.67 bits per heavy atom. The number of aromatic carboxylic acids is 2. The maximum atomic E-state index is 11.3. The highest BCUT2D eigenvalue weighted by Crippen LogP contribution is 2.38. The molecule has 0 aliphatic carbocycles. The lowest BCUT2D eigenvalue weighted by molar-refractivity contribution is 0.0686. The molecule has 6 N–H and O–H groups in total. The molecule has 1 heterocycles. The molecular weight excluding hydrogens is 456 g/mol. The fraction of sp³-hybridized carbons (Fsp3) is 0. The van der Waals surface area contributed by atoms with Crippen LogP contribution in [-0.2, 0) is 0 Å². The fourth-order valence-electron chi connectivity index (χ4n) is 4.12. The predicted octanol–water partition coefficient (Wildman–Crippen LogP) is 5.19. The topological polar surface area (TPSA) is 152 Å². The van der Waals surface area contributed by atoms with Crippen molar-refractivity contribution >= 4 is 34.2 Å². The van der Waals surface area contributed by atoms with Crippen LogP contribution >= 0.6 is 0 Å². The zero-order valence-electron chi connectivity index (χ0n) is 18.8. The standard InChI is InChI=1S/C28H20N4O4/c29-22-14-13-21(19-3-1-2-4-20(19)22)25-23(15-5-9-17(10-6-15)27(33)34)32-26(30)24(31-25)16-7-11-18(12-8-16)28(35)36/h1-14H,29H2,(H2,30,32)(H,33,34)(H,35,36). The molecule has 0 fully saturated rings. The number of anilines is 2. The Bertz CT molecular complexity index is 1650. The second kappa shape index (κ2) is 8.84. The first-order chi connectivity index (χ1) is 17.3. The lowest BCUT2D eigenvalue weighted by Gasteiger charge is -2.16. The number of carboxylic acid groups (broad SMARTS) is 2. The average Bonchev–Trinajstić information content (AvgIpc) is 2.89. The summed E-state index contributed by atoms with van der Waals surface area (Å²) in [4.78, 5) is 32.2. The van der Waals surface area contributed by atoms with E-state index in [0.29, 0.717) is 33.9 Å². The highest BCUT2D eigenvalue weighted by molar-refractivity contribution is 6.04. The van der Waals surface area contributed by atoms with Gasteiger partial charge in [0, 0.05) is 27.8 Å². The quantitative estimate of drug-likeness (QED) is 0.253. The average molecular weight is 476 g/mol. The van der Waals surface area contributed by atoms with Crippen LogP contribution in [0.3, 0.4) is 0 Å². The maximum absolute atomic E-state index is 11.3. The molecule has 8 nitrogen and oxygen atoms in total. The lowest BCUT2D eigenvalue weighted by Crippen LogP contribution is -2.04. The van der Waals surface area contributed by atoms with Crippen molar-refractivity contribution in [2.75, 3.05) is 11.5 Å². The molecule has 0 aliphatic rings. The van der Waals surface area contributed by atoms with Crippen molar-refractivity contribution in [2.24, 2.45) is 0 Å². The molecule has 5 aromatic rings. The third-order valence-corrected chi connectivity index (χ3v) is 5.95. The van der Waals surface area contributed by atoms with E-state index in [4.69, 9.17) is 16.5 Å². The SMILES string of the molecule is Nc1nc(-c2ccc(C(=O)O)cc2)c(-c2ccc(N)c3ccccc23)nc1-c1ccc(C(=O)O)cc1. The summed E-state index contributed by atoms with van der Waals surface area (Å²) in [7, 11) is 0. The minimum atomic E-state index is -1.03. The Morgan fingerprint density at radius 1 is 0.583 bits per heavy atom. The summed E-state index contributed by atoms with van der Waals surface area (Å²) in [6.07, 6.45) is 0. The molecule has 4 aromatic carbocycles. The van der Waals surface area contributed by atoms with Crippen LogP contribution < -0.4 is 11.5 Å². The highest BCUT2D eigenvalue weighted by atomic mass is 16.4. The number of carbonyl (C=O) groups is 2. The lowest BCUT2D eigenvalue weighted by atomic mass is 9.96. The number of fused-ring (bicyclic) bond motifs is 1. The van der Waals surface area contributed by atoms with Crippen molar-refractivity contribution in [2.45, 2.75) is 0 Å². The number of hydrogen-bond donors (Lipinski definition) is 4. The van der Waals surface area contributed by atoms with Crippen molar-refractivity contribution in [3.05, 3.63) is 96.1 Å². The van der Waals surface area contributed by atoms with Gasteiger partial charge in [-0.05, 0) is 35.7 Å². The molecule has 176 valence electrons. The third-order valence-electron chi connectivity index (χ3n) is 5.95. The van der Waals surface area contributed by atoms with Gasteiger partial charge in [-0.25, -0.2) is 19.6 Å². The van der Waals surface area contributed by atoms with Gasteiger partial charge in [-0.15, -0.1) is 0 Å². The smallest absolute Gasteiger partial charge is 0.335 e. The Morgan fingerprint density at radius 2 is 1.11 bits per heavy atom. The Hall–Kier alpha value is -5.24. The number of nitrogens with zero attached hydrogens (tertiary/aromatic N) is 2. The molecule has 0 saturated heterocycles. The highest BCUT2D eigenvalue weighted by Gasteiger charge is 2.19. The largest absolute Gasteiger partial charge is 0.478 e. The van der Waals surface area contributed by atoms with E-state index in [1.165, 1.54) is 24.3 Å². The van der Waals surface area contributed by atoms with Crippen LogP contribution in [0.2, 0.25) is 0 Å². The molecule has 0 bridgehead atoms. The molecule has 36 heavy (non-hydrogen) atoms. The van der Waals surface area contributed by atoms with E-state index in [1.54, 1.807) is 30.3 Å². The number of rotatable bonds is 5. The van der Waals surface area contributed by atoms with Crippen LogP contribution in [0.4, 0.5) is 11.5 Å². The first-order valence-corrected chi connectivity index (χ1v) is 11.0. The number of carboxylic acids is 2. The van der Waals surface area contributed by atoms with Crippen molar-refractivity contribution in [3.8, 4) is 33.8 Å². The molecule has 1 aromatic heterocycles. The van der Waals surface area contributed by atoms with Gasteiger partial charge in [0.1, 0.15) is 5.69 Å². The van der Waals surface area contributed by atoms with E-state index < -0.39 is 11.9 Å². The normalized spacial score (nSPS) is 10.9. The van der Waals surface area contributed by atoms with E-state index in [0.717, 1.165) is 16.3 Å². The number of nitrogens with two attached hydrogens (primary N) is 2. The zero-order valence-corrected chi connectivity index (χ0v) is 18.8. The van der Waals surface area contributed by atoms with Crippen LogP contribution in [0.5, 0.6) is 0 Å². The van der Waals surface area contributed by atoms with Gasteiger partial charge >= 0.3 is 11.9 Å². The van der Waals surface area contributed by atoms with Gasteiger partial charge in [-0.2, -0.15) is 0 Å². The van der Waals surface area contributed by atoms with Gasteiger partial charge in [0.15, 0.2) is 5.82 Å². The van der Waals surface area contributed by atoms with Gasteiger partial charge in [0.2, 0.25) is 0 Å². The van der Waals surface area contributed by atoms with Crippen LogP contribution in [-0.4, -0.2) is 32.1 Å². The summed E-state index contributed by atoms with van der Waals surface area (Å²) in [5, 5.41) is 20.2. The molecular formula is C28H20N4O4. The van der Waals surface area contributed by atoms with E-state index in [1.807, 2.05) is 30.3 Å². The summed E-state index contributed by atoms with van der Waals surface area (Å²) >= 11 is 0. The molecule has 0 amide bonds. The Labute approximate surface area is 205 Å². The van der Waals surface area contributed by atoms with Gasteiger partial charge < -0.3 is 21.7 Å². The van der Waals surface area contributed by atoms with E-state index in [-0.39, 0.29) is 16.9 Å². The summed E-state index contributed by atoms with van der Waals surface area (Å²) in [6, 6.07) is 23.9. The van der Waals surface area contributed by atoms with Crippen LogP contribution in [0.25, 0.3) is 44.5 Å². The van der Waals surface area contributed by atoms with E-state index >= 15 is 0 Å². The van der Waals surface area contributed by atoms with Crippen LogP contribution in [0, 0.1) is 0 Å². The second-order valence-electron chi connectivity index (χ2n) is 8.17. The van der Waals surface area contributed by atoms with E-state index in [9.17, 15) is 19.8 Å². The molecule has 8 heteroatoms. The van der Waals surface area contributed by atoms with Crippen LogP contribution in [0.1, 0.15) is 20.7 Å². The number of hydrogen-bond acceptors (Lipinski definition) is 6. The number of aromatic nitrogens is 2. The molecule has 0 spiro atoms. The Balaban J connectivity index is 1.78. The summed E-state index contributed by atoms with van der Waals surface area (Å²) in [5.74, 6) is -1.91. The summed E-state index contributed by atoms with van der Waals surface area (Å²) < 4.78 is 0. The second-order valence-corrected chi connectivity index (χ2v) is 8.17. The van der Waals surface area contributed by atoms with Crippen molar-refractivity contribution in [1.82, 2.24) is 9.97 Å². The van der Waals surface area contributed by atoms with Gasteiger partial charge in [0.25, 0.3) is 0 Å². The molecule has 0 saturated carbocycles. The van der Waals surface area contributed by atoms with Crippen molar-refractivity contribution < 1.29 is 19.8 Å². The number of benzene rings is 4. The number of nitrogen functional groups attached to an aromatic ring is 2. The molecule has 0 unspecified atom stereocenters. The molecule has 0 aliphatic heterocycles. The molecule has 0 atom stereocenters. The summed E-state index contributed by atoms with van der Waals surface area (Å²) in [6.45, 7) is 0. The van der Waals surface area contributed by atoms with Gasteiger partial charge in [-0.1, -0.05) is 54.6 Å². The Kier molecular flexibility index (Phi) is 5.54. The minimum Gasteiger partial charge on any atom is -0.478 e. The minimum absolute atomic E-state index is 0.144. The third kappa shape index (κ3) is 3.97. The van der Waals surface area contributed by atoms with E-state index in [2.05, 4.69) is 4.98 Å². The first kappa shape index (κ1) is 22.5. The van der Waals surface area contributed by atoms with Crippen molar-refractivity contribution in [1.29, 1.82) is 0 Å². The fourth-order valence-corrected chi connectivity index (χ4v) is 4.12. The monoisotopic (exact) mass is 476 g/mol. The predicted molar refractivity (Wildman–Crippen MR) is 139 cm³/mol. The van der Waals surface area contributed by atoms with Gasteiger partial charge in [0.05, 0.1) is 22.5 Å². The molecule has 0 radical (unpaired) electrons. The van der Waals surface area contributed by atoms with Crippen molar-refractivity contribution in [3.63, 3.8) is 0 Å². The maximum Gasteiger partial charge on any atom is 0.335 e. The summed E-state index contributed by atoms with van der Waals surface area (Å²) in [5.41, 5.74) is 16.9. The zero-order chi connectivity index (χ0) is 25.4. The molecule has 5 rings (SSSR count). The first-order valence-electron chi connectivity index (χ1n) is 11.0. The van der Waals surface area contributed by atoms with Crippen LogP contribution in [0.15, 0.2) is 84.9 Å². The van der Waals surface area contributed by atoms with Gasteiger partial charge in [-0.3, -0.25) is 0 Å².